The third kappa shape index (κ3) is 3.94. The molecule has 76 valence electrons. The van der Waals surface area contributed by atoms with Crippen LogP contribution in [0.2, 0.25) is 0 Å². The van der Waals surface area contributed by atoms with Gasteiger partial charge in [-0.1, -0.05) is 36.4 Å². The zero-order valence-electron chi connectivity index (χ0n) is 7.77. The molecule has 0 spiro atoms. The van der Waals surface area contributed by atoms with Crippen LogP contribution in [-0.2, 0) is 9.05 Å². The van der Waals surface area contributed by atoms with E-state index in [1.54, 1.807) is 6.08 Å². The van der Waals surface area contributed by atoms with Gasteiger partial charge in [0.05, 0.1) is 5.75 Å². The minimum Gasteiger partial charge on any atom is -0.212 e. The van der Waals surface area contributed by atoms with Gasteiger partial charge in [0.2, 0.25) is 9.05 Å². The topological polar surface area (TPSA) is 34.1 Å². The second-order valence-electron chi connectivity index (χ2n) is 2.96. The average molecular weight is 231 g/mol. The lowest BCUT2D eigenvalue weighted by Gasteiger charge is -1.99. The Morgan fingerprint density at radius 2 is 1.93 bits per heavy atom. The number of hydrogen-bond donors (Lipinski definition) is 0. The second kappa shape index (κ2) is 4.62. The third-order valence-corrected chi connectivity index (χ3v) is 2.76. The van der Waals surface area contributed by atoms with Gasteiger partial charge in [-0.2, -0.15) is 0 Å². The smallest absolute Gasteiger partial charge is 0.212 e. The fourth-order valence-electron chi connectivity index (χ4n) is 1.04. The number of allylic oxidation sites excluding steroid dienone is 1. The van der Waals surface area contributed by atoms with E-state index in [0.717, 1.165) is 11.1 Å². The number of benzene rings is 1. The third-order valence-electron chi connectivity index (χ3n) is 1.82. The van der Waals surface area contributed by atoms with E-state index in [4.69, 9.17) is 10.7 Å². The monoisotopic (exact) mass is 230 g/mol. The Balaban J connectivity index is 2.81. The first-order valence-corrected chi connectivity index (χ1v) is 6.61. The van der Waals surface area contributed by atoms with Crippen molar-refractivity contribution in [3.63, 3.8) is 0 Å². The summed E-state index contributed by atoms with van der Waals surface area (Å²) in [6.07, 6.45) is 1.61. The molecule has 0 aliphatic heterocycles. The lowest BCUT2D eigenvalue weighted by atomic mass is 10.1. The maximum absolute atomic E-state index is 10.7. The standard InChI is InChI=1S/C10H11ClO2S/c1-9(7-8-14(11,12)13)10-5-3-2-4-6-10/h2-7H,8H2,1H3. The van der Waals surface area contributed by atoms with Gasteiger partial charge in [0.1, 0.15) is 0 Å². The van der Waals surface area contributed by atoms with Crippen molar-refractivity contribution in [3.05, 3.63) is 42.0 Å². The Hall–Kier alpha value is -0.800. The van der Waals surface area contributed by atoms with Crippen LogP contribution >= 0.6 is 10.7 Å². The molecule has 0 atom stereocenters. The van der Waals surface area contributed by atoms with Crippen molar-refractivity contribution >= 4 is 25.3 Å². The second-order valence-corrected chi connectivity index (χ2v) is 5.78. The van der Waals surface area contributed by atoms with E-state index in [9.17, 15) is 8.42 Å². The van der Waals surface area contributed by atoms with Gasteiger partial charge in [0.25, 0.3) is 0 Å². The molecule has 0 aliphatic carbocycles. The lowest BCUT2D eigenvalue weighted by molar-refractivity contribution is 0.612. The molecule has 1 rings (SSSR count). The van der Waals surface area contributed by atoms with Crippen LogP contribution in [0.3, 0.4) is 0 Å². The molecule has 0 radical (unpaired) electrons. The van der Waals surface area contributed by atoms with E-state index >= 15 is 0 Å². The number of rotatable bonds is 3. The molecule has 14 heavy (non-hydrogen) atoms. The Bertz CT molecular complexity index is 421. The molecule has 0 fully saturated rings. The van der Waals surface area contributed by atoms with Crippen molar-refractivity contribution in [1.82, 2.24) is 0 Å². The molecule has 0 saturated carbocycles. The maximum atomic E-state index is 10.7. The van der Waals surface area contributed by atoms with Gasteiger partial charge in [-0.3, -0.25) is 0 Å². The summed E-state index contributed by atoms with van der Waals surface area (Å²) in [7, 11) is 1.66. The molecule has 0 amide bonds. The molecule has 4 heteroatoms. The van der Waals surface area contributed by atoms with Crippen molar-refractivity contribution in [1.29, 1.82) is 0 Å². The summed E-state index contributed by atoms with van der Waals surface area (Å²) in [5.41, 5.74) is 1.92. The van der Waals surface area contributed by atoms with Crippen LogP contribution < -0.4 is 0 Å². The van der Waals surface area contributed by atoms with Crippen LogP contribution in [0.1, 0.15) is 12.5 Å². The molecule has 0 heterocycles. The van der Waals surface area contributed by atoms with E-state index in [1.165, 1.54) is 0 Å². The fourth-order valence-corrected chi connectivity index (χ4v) is 1.68. The molecule has 1 aromatic rings. The zero-order chi connectivity index (χ0) is 10.6. The summed E-state index contributed by atoms with van der Waals surface area (Å²) < 4.78 is 21.4. The fraction of sp³-hybridized carbons (Fsp3) is 0.200. The Labute approximate surface area is 88.6 Å². The van der Waals surface area contributed by atoms with Crippen LogP contribution in [0.4, 0.5) is 0 Å². The van der Waals surface area contributed by atoms with E-state index in [1.807, 2.05) is 37.3 Å². The summed E-state index contributed by atoms with van der Waals surface area (Å²) in [5, 5.41) is 0. The lowest BCUT2D eigenvalue weighted by Crippen LogP contribution is -1.93. The Morgan fingerprint density at radius 3 is 2.43 bits per heavy atom. The number of hydrogen-bond acceptors (Lipinski definition) is 2. The average Bonchev–Trinajstić information content (AvgIpc) is 2.14. The van der Waals surface area contributed by atoms with Gasteiger partial charge in [-0.15, -0.1) is 0 Å². The highest BCUT2D eigenvalue weighted by Crippen LogP contribution is 2.13. The Kier molecular flexibility index (Phi) is 3.72. The largest absolute Gasteiger partial charge is 0.236 e. The summed E-state index contributed by atoms with van der Waals surface area (Å²) in [4.78, 5) is 0. The predicted molar refractivity (Wildman–Crippen MR) is 59.7 cm³/mol. The zero-order valence-corrected chi connectivity index (χ0v) is 9.35. The SMILES string of the molecule is CC(=CCS(=O)(=O)Cl)c1ccccc1. The highest BCUT2D eigenvalue weighted by Gasteiger charge is 2.02. The van der Waals surface area contributed by atoms with Crippen molar-refractivity contribution in [2.75, 3.05) is 5.75 Å². The van der Waals surface area contributed by atoms with Crippen molar-refractivity contribution in [3.8, 4) is 0 Å². The van der Waals surface area contributed by atoms with Crippen LogP contribution in [-0.4, -0.2) is 14.2 Å². The van der Waals surface area contributed by atoms with Crippen LogP contribution in [0.5, 0.6) is 0 Å². The van der Waals surface area contributed by atoms with E-state index in [0.29, 0.717) is 0 Å². The molecule has 0 bridgehead atoms. The molecule has 1 aromatic carbocycles. The normalized spacial score (nSPS) is 12.9. The quantitative estimate of drug-likeness (QED) is 0.749. The van der Waals surface area contributed by atoms with Crippen molar-refractivity contribution < 1.29 is 8.42 Å². The highest BCUT2D eigenvalue weighted by molar-refractivity contribution is 8.13. The minimum atomic E-state index is -3.43. The summed E-state index contributed by atoms with van der Waals surface area (Å²) in [6.45, 7) is 1.86. The van der Waals surface area contributed by atoms with Crippen molar-refractivity contribution in [2.45, 2.75) is 6.92 Å². The Morgan fingerprint density at radius 1 is 1.36 bits per heavy atom. The van der Waals surface area contributed by atoms with Crippen molar-refractivity contribution in [2.24, 2.45) is 0 Å². The van der Waals surface area contributed by atoms with Crippen LogP contribution in [0, 0.1) is 0 Å². The van der Waals surface area contributed by atoms with Gasteiger partial charge in [-0.05, 0) is 18.1 Å². The highest BCUT2D eigenvalue weighted by atomic mass is 35.7. The maximum Gasteiger partial charge on any atom is 0.236 e. The van der Waals surface area contributed by atoms with E-state index in [-0.39, 0.29) is 5.75 Å². The summed E-state index contributed by atoms with van der Waals surface area (Å²) in [6, 6.07) is 9.57. The predicted octanol–water partition coefficient (Wildman–Crippen LogP) is 2.66. The van der Waals surface area contributed by atoms with E-state index in [2.05, 4.69) is 0 Å². The minimum absolute atomic E-state index is 0.130. The van der Waals surface area contributed by atoms with Crippen LogP contribution in [0.15, 0.2) is 36.4 Å². The first-order valence-electron chi connectivity index (χ1n) is 4.13. The molecular formula is C10H11ClO2S. The molecule has 2 nitrogen and oxygen atoms in total. The molecule has 0 unspecified atom stereocenters. The number of halogens is 1. The van der Waals surface area contributed by atoms with Gasteiger partial charge >= 0.3 is 0 Å². The molecule has 0 saturated heterocycles. The molecule has 0 aliphatic rings. The van der Waals surface area contributed by atoms with Crippen LogP contribution in [0.25, 0.3) is 5.57 Å². The van der Waals surface area contributed by atoms with Gasteiger partial charge in [-0.25, -0.2) is 8.42 Å². The van der Waals surface area contributed by atoms with E-state index < -0.39 is 9.05 Å². The van der Waals surface area contributed by atoms with Gasteiger partial charge in [0, 0.05) is 10.7 Å². The molecule has 0 aromatic heterocycles. The molecule has 0 N–H and O–H groups in total. The first kappa shape index (κ1) is 11.3. The summed E-state index contributed by atoms with van der Waals surface area (Å²) >= 11 is 0. The van der Waals surface area contributed by atoms with Gasteiger partial charge in [0.15, 0.2) is 0 Å². The first-order chi connectivity index (χ1) is 6.49. The summed E-state index contributed by atoms with van der Waals surface area (Å²) in [5.74, 6) is -0.130. The molecular weight excluding hydrogens is 220 g/mol. The van der Waals surface area contributed by atoms with Gasteiger partial charge < -0.3 is 0 Å².